The van der Waals surface area contributed by atoms with Crippen molar-refractivity contribution in [1.82, 2.24) is 0 Å². The standard InChI is InChI=1S/C14H22O5/c1-4-13(2,3)11(15)19-10-9-17-7-5-14(10)6-8-18-12(14)16/h10H,4-9H2,1-3H3. The van der Waals surface area contributed by atoms with Crippen LogP contribution in [0, 0.1) is 10.8 Å². The number of carbonyl (C=O) groups excluding carboxylic acids is 2. The quantitative estimate of drug-likeness (QED) is 0.730. The first-order valence-electron chi connectivity index (χ1n) is 6.88. The highest BCUT2D eigenvalue weighted by Crippen LogP contribution is 2.42. The Morgan fingerprint density at radius 3 is 2.68 bits per heavy atom. The summed E-state index contributed by atoms with van der Waals surface area (Å²) in [5, 5.41) is 0. The lowest BCUT2D eigenvalue weighted by molar-refractivity contribution is -0.186. The number of carbonyl (C=O) groups is 2. The van der Waals surface area contributed by atoms with Crippen LogP contribution in [0.25, 0.3) is 0 Å². The number of esters is 2. The summed E-state index contributed by atoms with van der Waals surface area (Å²) in [4.78, 5) is 24.2. The first-order chi connectivity index (χ1) is 8.92. The van der Waals surface area contributed by atoms with Gasteiger partial charge in [-0.05, 0) is 26.7 Å². The van der Waals surface area contributed by atoms with E-state index in [4.69, 9.17) is 14.2 Å². The van der Waals surface area contributed by atoms with Crippen molar-refractivity contribution in [2.75, 3.05) is 19.8 Å². The Balaban J connectivity index is 2.13. The molecule has 2 atom stereocenters. The van der Waals surface area contributed by atoms with Crippen molar-refractivity contribution in [2.24, 2.45) is 10.8 Å². The molecular formula is C14H22O5. The maximum Gasteiger partial charge on any atom is 0.316 e. The van der Waals surface area contributed by atoms with Gasteiger partial charge in [0.2, 0.25) is 0 Å². The number of hydrogen-bond donors (Lipinski definition) is 0. The van der Waals surface area contributed by atoms with Crippen LogP contribution in [0.15, 0.2) is 0 Å². The van der Waals surface area contributed by atoms with Gasteiger partial charge < -0.3 is 14.2 Å². The Morgan fingerprint density at radius 2 is 2.11 bits per heavy atom. The molecule has 2 aliphatic rings. The molecule has 2 rings (SSSR count). The molecule has 1 spiro atoms. The third-order valence-corrected chi connectivity index (χ3v) is 4.45. The summed E-state index contributed by atoms with van der Waals surface area (Å²) in [6, 6.07) is 0. The molecule has 0 radical (unpaired) electrons. The molecule has 2 unspecified atom stereocenters. The molecule has 0 aromatic carbocycles. The lowest BCUT2D eigenvalue weighted by Crippen LogP contribution is -2.50. The van der Waals surface area contributed by atoms with E-state index in [0.29, 0.717) is 32.5 Å². The molecule has 0 saturated carbocycles. The number of rotatable bonds is 3. The van der Waals surface area contributed by atoms with Gasteiger partial charge in [-0.1, -0.05) is 6.92 Å². The second-order valence-corrected chi connectivity index (χ2v) is 6.00. The maximum absolute atomic E-state index is 12.2. The molecule has 2 fully saturated rings. The van der Waals surface area contributed by atoms with E-state index < -0.39 is 16.9 Å². The van der Waals surface area contributed by atoms with Crippen LogP contribution in [0.1, 0.15) is 40.0 Å². The number of hydrogen-bond acceptors (Lipinski definition) is 5. The zero-order valence-electron chi connectivity index (χ0n) is 11.9. The first-order valence-corrected chi connectivity index (χ1v) is 6.88. The molecule has 0 bridgehead atoms. The van der Waals surface area contributed by atoms with E-state index in [1.54, 1.807) is 0 Å². The molecule has 0 aromatic rings. The predicted molar refractivity (Wildman–Crippen MR) is 67.4 cm³/mol. The summed E-state index contributed by atoms with van der Waals surface area (Å²) in [5.74, 6) is -0.521. The SMILES string of the molecule is CCC(C)(C)C(=O)OC1COCCC12CCOC2=O. The van der Waals surface area contributed by atoms with Gasteiger partial charge in [0.25, 0.3) is 0 Å². The molecule has 5 heteroatoms. The van der Waals surface area contributed by atoms with Crippen LogP contribution in [0.2, 0.25) is 0 Å². The molecule has 2 aliphatic heterocycles. The number of ether oxygens (including phenoxy) is 3. The fraction of sp³-hybridized carbons (Fsp3) is 0.857. The third-order valence-electron chi connectivity index (χ3n) is 4.45. The van der Waals surface area contributed by atoms with Crippen molar-refractivity contribution < 1.29 is 23.8 Å². The Labute approximate surface area is 113 Å². The summed E-state index contributed by atoms with van der Waals surface area (Å²) in [6.45, 7) is 6.83. The maximum atomic E-state index is 12.2. The van der Waals surface area contributed by atoms with Crippen molar-refractivity contribution in [3.8, 4) is 0 Å². The molecule has 0 amide bonds. The highest BCUT2D eigenvalue weighted by molar-refractivity contribution is 5.81. The largest absolute Gasteiger partial charge is 0.465 e. The fourth-order valence-electron chi connectivity index (χ4n) is 2.44. The zero-order valence-corrected chi connectivity index (χ0v) is 11.9. The molecule has 0 N–H and O–H groups in total. The fourth-order valence-corrected chi connectivity index (χ4v) is 2.44. The van der Waals surface area contributed by atoms with Crippen LogP contribution < -0.4 is 0 Å². The van der Waals surface area contributed by atoms with Crippen molar-refractivity contribution >= 4 is 11.9 Å². The Kier molecular flexibility index (Phi) is 3.85. The van der Waals surface area contributed by atoms with Gasteiger partial charge in [0.05, 0.1) is 18.6 Å². The van der Waals surface area contributed by atoms with Gasteiger partial charge in [-0.25, -0.2) is 0 Å². The molecule has 2 saturated heterocycles. The molecule has 2 heterocycles. The smallest absolute Gasteiger partial charge is 0.316 e. The molecule has 0 aromatic heterocycles. The second-order valence-electron chi connectivity index (χ2n) is 6.00. The third kappa shape index (κ3) is 2.48. The average Bonchev–Trinajstić information content (AvgIpc) is 2.74. The van der Waals surface area contributed by atoms with E-state index in [0.717, 1.165) is 0 Å². The molecule has 108 valence electrons. The summed E-state index contributed by atoms with van der Waals surface area (Å²) in [6.07, 6.45) is 1.35. The summed E-state index contributed by atoms with van der Waals surface area (Å²) >= 11 is 0. The second kappa shape index (κ2) is 5.12. The average molecular weight is 270 g/mol. The van der Waals surface area contributed by atoms with Crippen LogP contribution in [-0.4, -0.2) is 37.9 Å². The van der Waals surface area contributed by atoms with Crippen molar-refractivity contribution in [2.45, 2.75) is 46.1 Å². The minimum atomic E-state index is -0.683. The first kappa shape index (κ1) is 14.3. The van der Waals surface area contributed by atoms with E-state index in [9.17, 15) is 9.59 Å². The van der Waals surface area contributed by atoms with E-state index in [1.165, 1.54) is 0 Å². The van der Waals surface area contributed by atoms with E-state index >= 15 is 0 Å². The zero-order chi connectivity index (χ0) is 14.1. The van der Waals surface area contributed by atoms with Crippen LogP contribution in [0.5, 0.6) is 0 Å². The van der Waals surface area contributed by atoms with Crippen molar-refractivity contribution in [3.63, 3.8) is 0 Å². The lowest BCUT2D eigenvalue weighted by Gasteiger charge is -2.38. The minimum Gasteiger partial charge on any atom is -0.465 e. The van der Waals surface area contributed by atoms with Gasteiger partial charge in [-0.2, -0.15) is 0 Å². The minimum absolute atomic E-state index is 0.247. The Hall–Kier alpha value is -1.10. The van der Waals surface area contributed by atoms with Gasteiger partial charge in [-0.15, -0.1) is 0 Å². The topological polar surface area (TPSA) is 61.8 Å². The molecule has 19 heavy (non-hydrogen) atoms. The highest BCUT2D eigenvalue weighted by Gasteiger charge is 2.54. The van der Waals surface area contributed by atoms with E-state index in [2.05, 4.69) is 0 Å². The molecule has 5 nitrogen and oxygen atoms in total. The lowest BCUT2D eigenvalue weighted by atomic mass is 9.76. The van der Waals surface area contributed by atoms with Crippen LogP contribution in [0.4, 0.5) is 0 Å². The summed E-state index contributed by atoms with van der Waals surface area (Å²) in [7, 11) is 0. The molecule has 0 aliphatic carbocycles. The van der Waals surface area contributed by atoms with E-state index in [-0.39, 0.29) is 18.5 Å². The van der Waals surface area contributed by atoms with Crippen LogP contribution >= 0.6 is 0 Å². The summed E-state index contributed by atoms with van der Waals surface area (Å²) in [5.41, 5.74) is -1.22. The molecular weight excluding hydrogens is 248 g/mol. The predicted octanol–water partition coefficient (Wildman–Crippen LogP) is 1.69. The Bertz CT molecular complexity index is 376. The van der Waals surface area contributed by atoms with Crippen LogP contribution in [0.3, 0.4) is 0 Å². The van der Waals surface area contributed by atoms with Crippen LogP contribution in [-0.2, 0) is 23.8 Å². The van der Waals surface area contributed by atoms with Crippen molar-refractivity contribution in [3.05, 3.63) is 0 Å². The normalized spacial score (nSPS) is 31.3. The van der Waals surface area contributed by atoms with Gasteiger partial charge in [0.1, 0.15) is 11.5 Å². The van der Waals surface area contributed by atoms with Gasteiger partial charge >= 0.3 is 11.9 Å². The number of cyclic esters (lactones) is 1. The van der Waals surface area contributed by atoms with Gasteiger partial charge in [0.15, 0.2) is 0 Å². The Morgan fingerprint density at radius 1 is 1.42 bits per heavy atom. The van der Waals surface area contributed by atoms with Crippen molar-refractivity contribution in [1.29, 1.82) is 0 Å². The monoisotopic (exact) mass is 270 g/mol. The highest BCUT2D eigenvalue weighted by atomic mass is 16.6. The van der Waals surface area contributed by atoms with Gasteiger partial charge in [-0.3, -0.25) is 9.59 Å². The van der Waals surface area contributed by atoms with E-state index in [1.807, 2.05) is 20.8 Å². The van der Waals surface area contributed by atoms with Gasteiger partial charge in [0, 0.05) is 13.0 Å². The summed E-state index contributed by atoms with van der Waals surface area (Å²) < 4.78 is 16.1.